The number of amides is 1. The number of fused-ring (bicyclic) bond motifs is 6. The SMILES string of the molecule is N#Cc1ccc2c(c1)nc(Nc1ccccc1)c1ccsc12.NC(=O)c1ccc2c(c1)nc(Nc1ccccc1)c1ccsc12. The maximum absolute atomic E-state index is 11.4. The lowest BCUT2D eigenvalue weighted by Crippen LogP contribution is -2.10. The molecule has 0 radical (unpaired) electrons. The van der Waals surface area contributed by atoms with E-state index in [0.29, 0.717) is 11.1 Å². The van der Waals surface area contributed by atoms with Gasteiger partial charge in [0.25, 0.3) is 0 Å². The highest BCUT2D eigenvalue weighted by molar-refractivity contribution is 7.18. The minimum absolute atomic E-state index is 0.447. The van der Waals surface area contributed by atoms with Gasteiger partial charge in [0.2, 0.25) is 5.91 Å². The van der Waals surface area contributed by atoms with Gasteiger partial charge in [0.05, 0.1) is 22.7 Å². The Balaban J connectivity index is 0.000000145. The van der Waals surface area contributed by atoms with Gasteiger partial charge < -0.3 is 16.4 Å². The summed E-state index contributed by atoms with van der Waals surface area (Å²) in [6, 6.07) is 37.2. The van der Waals surface area contributed by atoms with E-state index in [2.05, 4.69) is 34.2 Å². The first-order chi connectivity index (χ1) is 22.1. The molecule has 8 rings (SSSR count). The lowest BCUT2D eigenvalue weighted by atomic mass is 10.1. The molecule has 0 bridgehead atoms. The Hall–Kier alpha value is -5.82. The minimum atomic E-state index is -0.447. The van der Waals surface area contributed by atoms with Crippen molar-refractivity contribution in [1.82, 2.24) is 9.97 Å². The van der Waals surface area contributed by atoms with Crippen molar-refractivity contribution in [2.45, 2.75) is 0 Å². The number of carbonyl (C=O) groups is 1. The molecule has 4 heterocycles. The number of hydrogen-bond donors (Lipinski definition) is 3. The van der Waals surface area contributed by atoms with E-state index in [1.807, 2.05) is 90.3 Å². The summed E-state index contributed by atoms with van der Waals surface area (Å²) >= 11 is 3.35. The summed E-state index contributed by atoms with van der Waals surface area (Å²) in [6.07, 6.45) is 0. The quantitative estimate of drug-likeness (QED) is 0.177. The van der Waals surface area contributed by atoms with Crippen LogP contribution < -0.4 is 16.4 Å². The summed E-state index contributed by atoms with van der Waals surface area (Å²) in [5.74, 6) is 1.16. The number of primary amides is 1. The third-order valence-electron chi connectivity index (χ3n) is 7.28. The van der Waals surface area contributed by atoms with E-state index < -0.39 is 5.91 Å². The van der Waals surface area contributed by atoms with Gasteiger partial charge in [-0.3, -0.25) is 4.79 Å². The molecule has 4 aromatic heterocycles. The van der Waals surface area contributed by atoms with Gasteiger partial charge in [-0.1, -0.05) is 48.5 Å². The van der Waals surface area contributed by atoms with Gasteiger partial charge in [-0.15, -0.1) is 22.7 Å². The summed E-state index contributed by atoms with van der Waals surface area (Å²) in [6.45, 7) is 0. The van der Waals surface area contributed by atoms with Crippen LogP contribution in [-0.2, 0) is 0 Å². The first kappa shape index (κ1) is 28.0. The molecule has 0 fully saturated rings. The average molecular weight is 621 g/mol. The van der Waals surface area contributed by atoms with E-state index in [0.717, 1.165) is 60.3 Å². The van der Waals surface area contributed by atoms with Gasteiger partial charge in [-0.05, 0) is 71.4 Å². The highest BCUT2D eigenvalue weighted by atomic mass is 32.1. The molecule has 1 amide bonds. The van der Waals surface area contributed by atoms with Crippen molar-refractivity contribution in [3.63, 3.8) is 0 Å². The van der Waals surface area contributed by atoms with Crippen molar-refractivity contribution in [1.29, 1.82) is 5.26 Å². The molecule has 0 unspecified atom stereocenters. The number of nitrogens with zero attached hydrogens (tertiary/aromatic N) is 3. The standard InChI is InChI=1S/C18H13N3OS.C18H11N3S/c19-17(22)11-6-7-13-15(10-11)21-18(14-8-9-23-16(13)14)20-12-4-2-1-3-5-12;19-11-12-6-7-14-16(10-12)21-18(15-8-9-22-17(14)15)20-13-4-2-1-3-5-13/h1-10H,(H2,19,22)(H,20,21);1-10H,(H,20,21). The summed E-state index contributed by atoms with van der Waals surface area (Å²) < 4.78 is 2.33. The first-order valence-electron chi connectivity index (χ1n) is 14.0. The fourth-order valence-electron chi connectivity index (χ4n) is 5.13. The van der Waals surface area contributed by atoms with Crippen molar-refractivity contribution in [2.75, 3.05) is 10.6 Å². The molecular weight excluding hydrogens is 597 g/mol. The number of nitrogens with one attached hydrogen (secondary N) is 2. The van der Waals surface area contributed by atoms with Crippen molar-refractivity contribution in [2.24, 2.45) is 5.73 Å². The maximum Gasteiger partial charge on any atom is 0.248 e. The maximum atomic E-state index is 11.4. The molecule has 45 heavy (non-hydrogen) atoms. The lowest BCUT2D eigenvalue weighted by molar-refractivity contribution is 0.100. The highest BCUT2D eigenvalue weighted by Gasteiger charge is 2.13. The molecule has 0 saturated heterocycles. The molecule has 0 aliphatic heterocycles. The van der Waals surface area contributed by atoms with E-state index in [4.69, 9.17) is 21.0 Å². The monoisotopic (exact) mass is 620 g/mol. The predicted octanol–water partition coefficient (Wildman–Crippen LogP) is 9.36. The number of aromatic nitrogens is 2. The fraction of sp³-hybridized carbons (Fsp3) is 0. The van der Waals surface area contributed by atoms with Gasteiger partial charge in [-0.2, -0.15) is 5.26 Å². The molecule has 4 N–H and O–H groups in total. The number of nitriles is 1. The van der Waals surface area contributed by atoms with Crippen molar-refractivity contribution < 1.29 is 4.79 Å². The molecule has 9 heteroatoms. The van der Waals surface area contributed by atoms with Crippen LogP contribution in [0.3, 0.4) is 0 Å². The number of para-hydroxylation sites is 2. The number of rotatable bonds is 5. The van der Waals surface area contributed by atoms with Crippen LogP contribution in [0.4, 0.5) is 23.0 Å². The zero-order valence-corrected chi connectivity index (χ0v) is 25.3. The van der Waals surface area contributed by atoms with Gasteiger partial charge in [-0.25, -0.2) is 9.97 Å². The van der Waals surface area contributed by atoms with Crippen LogP contribution in [0, 0.1) is 11.3 Å². The summed E-state index contributed by atoms with van der Waals surface area (Å²) in [7, 11) is 0. The number of pyridine rings is 2. The normalized spacial score (nSPS) is 10.8. The molecule has 0 aliphatic rings. The molecule has 0 saturated carbocycles. The smallest absolute Gasteiger partial charge is 0.248 e. The molecule has 4 aromatic carbocycles. The third kappa shape index (κ3) is 5.63. The first-order valence-corrected chi connectivity index (χ1v) is 15.8. The van der Waals surface area contributed by atoms with E-state index in [1.54, 1.807) is 34.8 Å². The van der Waals surface area contributed by atoms with Gasteiger partial charge in [0, 0.05) is 47.9 Å². The number of thiophene rings is 2. The number of anilines is 4. The second-order valence-electron chi connectivity index (χ2n) is 10.2. The van der Waals surface area contributed by atoms with Crippen LogP contribution >= 0.6 is 22.7 Å². The average Bonchev–Trinajstić information content (AvgIpc) is 3.77. The van der Waals surface area contributed by atoms with Gasteiger partial charge in [0.15, 0.2) is 0 Å². The predicted molar refractivity (Wildman–Crippen MR) is 187 cm³/mol. The van der Waals surface area contributed by atoms with Crippen molar-refractivity contribution in [3.05, 3.63) is 131 Å². The van der Waals surface area contributed by atoms with Crippen molar-refractivity contribution >= 4 is 93.6 Å². The molecule has 216 valence electrons. The van der Waals surface area contributed by atoms with Gasteiger partial charge in [0.1, 0.15) is 11.6 Å². The molecule has 0 atom stereocenters. The van der Waals surface area contributed by atoms with E-state index in [-0.39, 0.29) is 0 Å². The largest absolute Gasteiger partial charge is 0.366 e. The molecule has 0 spiro atoms. The summed E-state index contributed by atoms with van der Waals surface area (Å²) in [5, 5.41) is 24.2. The second kappa shape index (κ2) is 12.1. The number of benzene rings is 4. The van der Waals surface area contributed by atoms with Crippen LogP contribution in [0.15, 0.2) is 120 Å². The minimum Gasteiger partial charge on any atom is -0.366 e. The van der Waals surface area contributed by atoms with Crippen LogP contribution in [0.1, 0.15) is 15.9 Å². The van der Waals surface area contributed by atoms with E-state index in [9.17, 15) is 4.79 Å². The Kier molecular flexibility index (Phi) is 7.49. The topological polar surface area (TPSA) is 117 Å². The number of hydrogen-bond acceptors (Lipinski definition) is 8. The fourth-order valence-corrected chi connectivity index (χ4v) is 7.00. The van der Waals surface area contributed by atoms with Crippen LogP contribution in [-0.4, -0.2) is 15.9 Å². The molecule has 0 aliphatic carbocycles. The third-order valence-corrected chi connectivity index (χ3v) is 9.17. The molecular formula is C36H24N6OS2. The Labute approximate surface area is 266 Å². The Morgan fingerprint density at radius 3 is 1.67 bits per heavy atom. The summed E-state index contributed by atoms with van der Waals surface area (Å²) in [5.41, 5.74) is 10.0. The highest BCUT2D eigenvalue weighted by Crippen LogP contribution is 2.36. The zero-order valence-electron chi connectivity index (χ0n) is 23.7. The van der Waals surface area contributed by atoms with E-state index >= 15 is 0 Å². The Bertz CT molecular complexity index is 2380. The zero-order chi connectivity index (χ0) is 30.8. The Morgan fingerprint density at radius 1 is 0.644 bits per heavy atom. The van der Waals surface area contributed by atoms with Crippen LogP contribution in [0.2, 0.25) is 0 Å². The number of nitrogens with two attached hydrogens (primary N) is 1. The van der Waals surface area contributed by atoms with Crippen molar-refractivity contribution in [3.8, 4) is 6.07 Å². The molecule has 7 nitrogen and oxygen atoms in total. The van der Waals surface area contributed by atoms with Crippen LogP contribution in [0.5, 0.6) is 0 Å². The summed E-state index contributed by atoms with van der Waals surface area (Å²) in [4.78, 5) is 20.8. The second-order valence-corrected chi connectivity index (χ2v) is 12.0. The number of carbonyl (C=O) groups excluding carboxylic acids is 1. The Morgan fingerprint density at radius 2 is 1.16 bits per heavy atom. The van der Waals surface area contributed by atoms with Crippen LogP contribution in [0.25, 0.3) is 42.0 Å². The van der Waals surface area contributed by atoms with E-state index in [1.165, 1.54) is 4.70 Å². The lowest BCUT2D eigenvalue weighted by Gasteiger charge is -2.09. The molecule has 8 aromatic rings. The van der Waals surface area contributed by atoms with Gasteiger partial charge >= 0.3 is 0 Å².